The molecule has 1 atom stereocenters. The lowest BCUT2D eigenvalue weighted by atomic mass is 10.0. The number of anilines is 1. The highest BCUT2D eigenvalue weighted by Gasteiger charge is 2.20. The molecule has 112 valence electrons. The van der Waals surface area contributed by atoms with Crippen molar-refractivity contribution >= 4 is 5.82 Å². The number of hydrogen-bond acceptors (Lipinski definition) is 4. The van der Waals surface area contributed by atoms with E-state index >= 15 is 0 Å². The Hall–Kier alpha value is -1.16. The Morgan fingerprint density at radius 2 is 2.15 bits per heavy atom. The molecule has 1 aromatic rings. The summed E-state index contributed by atoms with van der Waals surface area (Å²) in [6.07, 6.45) is 3.17. The van der Waals surface area contributed by atoms with Gasteiger partial charge in [0.1, 0.15) is 11.6 Å². The Bertz CT molecular complexity index is 440. The van der Waals surface area contributed by atoms with Crippen LogP contribution in [-0.4, -0.2) is 29.7 Å². The molecule has 1 N–H and O–H groups in total. The molecule has 0 amide bonds. The molecule has 4 nitrogen and oxygen atoms in total. The van der Waals surface area contributed by atoms with E-state index < -0.39 is 0 Å². The molecule has 1 unspecified atom stereocenters. The Kier molecular flexibility index (Phi) is 5.35. The van der Waals surface area contributed by atoms with Crippen molar-refractivity contribution in [1.82, 2.24) is 9.97 Å². The number of aromatic nitrogens is 2. The number of nitrogens with zero attached hydrogens (tertiary/aromatic N) is 2. The van der Waals surface area contributed by atoms with Gasteiger partial charge < -0.3 is 10.1 Å². The molecule has 1 aromatic heterocycles. The summed E-state index contributed by atoms with van der Waals surface area (Å²) in [4.78, 5) is 9.50. The molecule has 2 rings (SSSR count). The number of hydrogen-bond donors (Lipinski definition) is 1. The van der Waals surface area contributed by atoms with Gasteiger partial charge in [0, 0.05) is 37.4 Å². The summed E-state index contributed by atoms with van der Waals surface area (Å²) in [7, 11) is 0. The molecule has 0 bridgehead atoms. The SMILES string of the molecule is CCCNc1nc(CC2CCOC2)nc(C)c1C(C)C. The smallest absolute Gasteiger partial charge is 0.133 e. The fourth-order valence-electron chi connectivity index (χ4n) is 2.80. The van der Waals surface area contributed by atoms with Crippen molar-refractivity contribution in [3.8, 4) is 0 Å². The molecule has 0 aliphatic carbocycles. The normalized spacial score (nSPS) is 18.8. The summed E-state index contributed by atoms with van der Waals surface area (Å²) < 4.78 is 5.45. The summed E-state index contributed by atoms with van der Waals surface area (Å²) in [5.41, 5.74) is 2.37. The lowest BCUT2D eigenvalue weighted by Crippen LogP contribution is -2.14. The lowest BCUT2D eigenvalue weighted by molar-refractivity contribution is 0.185. The van der Waals surface area contributed by atoms with Gasteiger partial charge in [0.05, 0.1) is 0 Å². The van der Waals surface area contributed by atoms with E-state index in [-0.39, 0.29) is 0 Å². The maximum Gasteiger partial charge on any atom is 0.133 e. The van der Waals surface area contributed by atoms with Gasteiger partial charge in [0.25, 0.3) is 0 Å². The predicted molar refractivity (Wildman–Crippen MR) is 82.3 cm³/mol. The van der Waals surface area contributed by atoms with Crippen LogP contribution in [0.25, 0.3) is 0 Å². The number of nitrogens with one attached hydrogen (secondary N) is 1. The second-order valence-electron chi connectivity index (χ2n) is 6.00. The van der Waals surface area contributed by atoms with Crippen LogP contribution in [0.3, 0.4) is 0 Å². The molecule has 1 fully saturated rings. The van der Waals surface area contributed by atoms with E-state index in [2.05, 4.69) is 33.0 Å². The molecular weight excluding hydrogens is 250 g/mol. The zero-order valence-corrected chi connectivity index (χ0v) is 13.2. The number of ether oxygens (including phenoxy) is 1. The van der Waals surface area contributed by atoms with Crippen LogP contribution >= 0.6 is 0 Å². The summed E-state index contributed by atoms with van der Waals surface area (Å²) >= 11 is 0. The molecular formula is C16H27N3O. The van der Waals surface area contributed by atoms with Crippen molar-refractivity contribution in [3.05, 3.63) is 17.1 Å². The van der Waals surface area contributed by atoms with Gasteiger partial charge in [-0.15, -0.1) is 0 Å². The van der Waals surface area contributed by atoms with Gasteiger partial charge in [-0.2, -0.15) is 0 Å². The zero-order valence-electron chi connectivity index (χ0n) is 13.2. The predicted octanol–water partition coefficient (Wildman–Crippen LogP) is 3.31. The van der Waals surface area contributed by atoms with E-state index in [4.69, 9.17) is 14.7 Å². The molecule has 1 aliphatic rings. The minimum atomic E-state index is 0.443. The van der Waals surface area contributed by atoms with Crippen molar-refractivity contribution in [1.29, 1.82) is 0 Å². The van der Waals surface area contributed by atoms with Crippen LogP contribution in [-0.2, 0) is 11.2 Å². The zero-order chi connectivity index (χ0) is 14.5. The minimum absolute atomic E-state index is 0.443. The van der Waals surface area contributed by atoms with Gasteiger partial charge in [-0.1, -0.05) is 20.8 Å². The van der Waals surface area contributed by atoms with E-state index in [0.29, 0.717) is 11.8 Å². The van der Waals surface area contributed by atoms with Crippen molar-refractivity contribution in [3.63, 3.8) is 0 Å². The fraction of sp³-hybridized carbons (Fsp3) is 0.750. The monoisotopic (exact) mass is 277 g/mol. The summed E-state index contributed by atoms with van der Waals surface area (Å²) in [6, 6.07) is 0. The molecule has 0 radical (unpaired) electrons. The van der Waals surface area contributed by atoms with E-state index in [0.717, 1.165) is 56.4 Å². The topological polar surface area (TPSA) is 47.0 Å². The quantitative estimate of drug-likeness (QED) is 0.866. The Labute approximate surface area is 122 Å². The first-order chi connectivity index (χ1) is 9.61. The first-order valence-corrected chi connectivity index (χ1v) is 7.80. The maximum absolute atomic E-state index is 5.45. The fourth-order valence-corrected chi connectivity index (χ4v) is 2.80. The standard InChI is InChI=1S/C16H27N3O/c1-5-7-17-16-15(11(2)3)12(4)18-14(19-16)9-13-6-8-20-10-13/h11,13H,5-10H2,1-4H3,(H,17,18,19). The van der Waals surface area contributed by atoms with Crippen molar-refractivity contribution in [2.45, 2.75) is 52.9 Å². The van der Waals surface area contributed by atoms with E-state index in [1.165, 1.54) is 5.56 Å². The number of rotatable bonds is 6. The molecule has 2 heterocycles. The highest BCUT2D eigenvalue weighted by atomic mass is 16.5. The summed E-state index contributed by atoms with van der Waals surface area (Å²) in [5, 5.41) is 3.47. The molecule has 0 saturated carbocycles. The van der Waals surface area contributed by atoms with Crippen LogP contribution in [0.2, 0.25) is 0 Å². The van der Waals surface area contributed by atoms with Crippen LogP contribution in [0.1, 0.15) is 56.6 Å². The molecule has 0 spiro atoms. The highest BCUT2D eigenvalue weighted by Crippen LogP contribution is 2.26. The molecule has 20 heavy (non-hydrogen) atoms. The third-order valence-electron chi connectivity index (χ3n) is 3.80. The van der Waals surface area contributed by atoms with Gasteiger partial charge in [0.15, 0.2) is 0 Å². The second-order valence-corrected chi connectivity index (χ2v) is 6.00. The lowest BCUT2D eigenvalue weighted by Gasteiger charge is -2.18. The average Bonchev–Trinajstić information content (AvgIpc) is 2.88. The third-order valence-corrected chi connectivity index (χ3v) is 3.80. The van der Waals surface area contributed by atoms with Gasteiger partial charge in [-0.05, 0) is 31.6 Å². The Balaban J connectivity index is 2.22. The van der Waals surface area contributed by atoms with Crippen molar-refractivity contribution in [2.24, 2.45) is 5.92 Å². The maximum atomic E-state index is 5.45. The van der Waals surface area contributed by atoms with Gasteiger partial charge in [-0.25, -0.2) is 9.97 Å². The van der Waals surface area contributed by atoms with Crippen LogP contribution in [0.15, 0.2) is 0 Å². The van der Waals surface area contributed by atoms with E-state index in [1.54, 1.807) is 0 Å². The minimum Gasteiger partial charge on any atom is -0.381 e. The van der Waals surface area contributed by atoms with Crippen LogP contribution in [0, 0.1) is 12.8 Å². The molecule has 0 aromatic carbocycles. The first kappa shape index (κ1) is 15.2. The van der Waals surface area contributed by atoms with Crippen LogP contribution < -0.4 is 5.32 Å². The molecule has 1 saturated heterocycles. The molecule has 1 aliphatic heterocycles. The van der Waals surface area contributed by atoms with Gasteiger partial charge in [-0.3, -0.25) is 0 Å². The Morgan fingerprint density at radius 3 is 2.75 bits per heavy atom. The first-order valence-electron chi connectivity index (χ1n) is 7.80. The highest BCUT2D eigenvalue weighted by molar-refractivity contribution is 5.48. The van der Waals surface area contributed by atoms with E-state index in [9.17, 15) is 0 Å². The molecule has 4 heteroatoms. The summed E-state index contributed by atoms with van der Waals surface area (Å²) in [6.45, 7) is 11.4. The van der Waals surface area contributed by atoms with Crippen molar-refractivity contribution in [2.75, 3.05) is 25.1 Å². The van der Waals surface area contributed by atoms with Crippen molar-refractivity contribution < 1.29 is 4.74 Å². The average molecular weight is 277 g/mol. The van der Waals surface area contributed by atoms with E-state index in [1.807, 2.05) is 0 Å². The van der Waals surface area contributed by atoms with Gasteiger partial charge in [0.2, 0.25) is 0 Å². The third kappa shape index (κ3) is 3.69. The number of aryl methyl sites for hydroxylation is 1. The van der Waals surface area contributed by atoms with Crippen LogP contribution in [0.5, 0.6) is 0 Å². The largest absolute Gasteiger partial charge is 0.381 e. The second kappa shape index (κ2) is 7.02. The summed E-state index contributed by atoms with van der Waals surface area (Å²) in [5.74, 6) is 3.01. The Morgan fingerprint density at radius 1 is 1.35 bits per heavy atom. The van der Waals surface area contributed by atoms with Gasteiger partial charge >= 0.3 is 0 Å². The van der Waals surface area contributed by atoms with Crippen LogP contribution in [0.4, 0.5) is 5.82 Å².